The van der Waals surface area contributed by atoms with Crippen LogP contribution in [0, 0.1) is 0 Å². The maximum Gasteiger partial charge on any atom is 0.338 e. The van der Waals surface area contributed by atoms with Crippen LogP contribution in [0.1, 0.15) is 40.7 Å². The van der Waals surface area contributed by atoms with Crippen molar-refractivity contribution < 1.29 is 14.3 Å². The molecule has 1 aromatic carbocycles. The normalized spacial score (nSPS) is 11.7. The van der Waals surface area contributed by atoms with Crippen LogP contribution in [-0.2, 0) is 16.0 Å². The Labute approximate surface area is 134 Å². The molecule has 0 aliphatic heterocycles. The largest absolute Gasteiger partial charge is 0.452 e. The van der Waals surface area contributed by atoms with E-state index in [-0.39, 0.29) is 18.6 Å². The van der Waals surface area contributed by atoms with Crippen LogP contribution in [-0.4, -0.2) is 18.5 Å². The van der Waals surface area contributed by atoms with Gasteiger partial charge in [0.05, 0.1) is 11.6 Å². The third-order valence-corrected chi connectivity index (χ3v) is 4.33. The minimum atomic E-state index is -0.485. The van der Waals surface area contributed by atoms with E-state index >= 15 is 0 Å². The predicted octanol–water partition coefficient (Wildman–Crippen LogP) is 3.34. The molecule has 5 heteroatoms. The molecule has 0 unspecified atom stereocenters. The van der Waals surface area contributed by atoms with Crippen LogP contribution in [0.3, 0.4) is 0 Å². The summed E-state index contributed by atoms with van der Waals surface area (Å²) >= 11 is 1.58. The number of ether oxygens (including phenoxy) is 1. The van der Waals surface area contributed by atoms with E-state index in [1.54, 1.807) is 23.5 Å². The summed E-state index contributed by atoms with van der Waals surface area (Å²) in [7, 11) is 0. The predicted molar refractivity (Wildman–Crippen MR) is 87.0 cm³/mol. The van der Waals surface area contributed by atoms with Gasteiger partial charge in [0.2, 0.25) is 0 Å². The van der Waals surface area contributed by atoms with E-state index in [0.717, 1.165) is 16.9 Å². The topological polar surface area (TPSA) is 55.4 Å². The third-order valence-electron chi connectivity index (χ3n) is 3.28. The van der Waals surface area contributed by atoms with E-state index in [4.69, 9.17) is 4.74 Å². The van der Waals surface area contributed by atoms with Crippen LogP contribution in [0.2, 0.25) is 0 Å². The molecule has 0 spiro atoms. The number of amides is 1. The molecule has 0 radical (unpaired) electrons. The number of aryl methyl sites for hydroxylation is 1. The summed E-state index contributed by atoms with van der Waals surface area (Å²) in [5.74, 6) is -0.791. The second-order valence-electron chi connectivity index (χ2n) is 4.93. The first-order valence-corrected chi connectivity index (χ1v) is 8.07. The molecule has 116 valence electrons. The van der Waals surface area contributed by atoms with Gasteiger partial charge in [-0.25, -0.2) is 4.79 Å². The Bertz CT molecular complexity index is 620. The number of carbonyl (C=O) groups excluding carboxylic acids is 2. The van der Waals surface area contributed by atoms with Crippen LogP contribution in [0.5, 0.6) is 0 Å². The molecule has 2 rings (SSSR count). The second-order valence-corrected chi connectivity index (χ2v) is 5.91. The van der Waals surface area contributed by atoms with Gasteiger partial charge in [-0.05, 0) is 42.5 Å². The number of hydrogen-bond acceptors (Lipinski definition) is 4. The maximum absolute atomic E-state index is 11.9. The molecule has 1 heterocycles. The van der Waals surface area contributed by atoms with Crippen LogP contribution >= 0.6 is 11.3 Å². The Morgan fingerprint density at radius 3 is 2.55 bits per heavy atom. The van der Waals surface area contributed by atoms with Gasteiger partial charge < -0.3 is 10.1 Å². The maximum atomic E-state index is 11.9. The van der Waals surface area contributed by atoms with Crippen LogP contribution in [0.15, 0.2) is 41.8 Å². The third kappa shape index (κ3) is 4.43. The molecule has 0 saturated carbocycles. The molecule has 1 amide bonds. The Morgan fingerprint density at radius 1 is 1.23 bits per heavy atom. The Morgan fingerprint density at radius 2 is 1.95 bits per heavy atom. The minimum absolute atomic E-state index is 0.0879. The molecule has 0 fully saturated rings. The SMILES string of the molecule is CCc1ccc(C(=O)OCC(=O)N[C@@H](C)c2cccs2)cc1. The molecular weight excluding hydrogens is 298 g/mol. The standard InChI is InChI=1S/C17H19NO3S/c1-3-13-6-8-14(9-7-13)17(20)21-11-16(19)18-12(2)15-5-4-10-22-15/h4-10,12H,3,11H2,1-2H3,(H,18,19)/t12-/m0/s1. The van der Waals surface area contributed by atoms with Crippen molar-refractivity contribution in [3.8, 4) is 0 Å². The molecule has 0 bridgehead atoms. The summed E-state index contributed by atoms with van der Waals surface area (Å²) in [6, 6.07) is 11.0. The second kappa shape index (κ2) is 7.75. The fourth-order valence-electron chi connectivity index (χ4n) is 1.98. The molecule has 0 aliphatic carbocycles. The molecule has 1 N–H and O–H groups in total. The Kier molecular flexibility index (Phi) is 5.72. The van der Waals surface area contributed by atoms with Crippen LogP contribution < -0.4 is 5.32 Å². The lowest BCUT2D eigenvalue weighted by Gasteiger charge is -2.12. The average Bonchev–Trinajstić information content (AvgIpc) is 3.07. The lowest BCUT2D eigenvalue weighted by Crippen LogP contribution is -2.30. The summed E-state index contributed by atoms with van der Waals surface area (Å²) in [6.07, 6.45) is 0.915. The lowest BCUT2D eigenvalue weighted by molar-refractivity contribution is -0.124. The highest BCUT2D eigenvalue weighted by atomic mass is 32.1. The highest BCUT2D eigenvalue weighted by Gasteiger charge is 2.13. The number of thiophene rings is 1. The fraction of sp³-hybridized carbons (Fsp3) is 0.294. The molecule has 2 aromatic rings. The average molecular weight is 317 g/mol. The highest BCUT2D eigenvalue weighted by Crippen LogP contribution is 2.17. The van der Waals surface area contributed by atoms with E-state index in [0.29, 0.717) is 5.56 Å². The summed E-state index contributed by atoms with van der Waals surface area (Å²) < 4.78 is 5.03. The van der Waals surface area contributed by atoms with Gasteiger partial charge in [0.1, 0.15) is 0 Å². The first-order valence-electron chi connectivity index (χ1n) is 7.19. The van der Waals surface area contributed by atoms with E-state index in [9.17, 15) is 9.59 Å². The Hall–Kier alpha value is -2.14. The summed E-state index contributed by atoms with van der Waals surface area (Å²) in [5.41, 5.74) is 1.61. The number of esters is 1. The minimum Gasteiger partial charge on any atom is -0.452 e. The van der Waals surface area contributed by atoms with Gasteiger partial charge in [-0.3, -0.25) is 4.79 Å². The monoisotopic (exact) mass is 317 g/mol. The number of benzene rings is 1. The van der Waals surface area contributed by atoms with Gasteiger partial charge >= 0.3 is 5.97 Å². The lowest BCUT2D eigenvalue weighted by atomic mass is 10.1. The van der Waals surface area contributed by atoms with Crippen molar-refractivity contribution in [3.05, 3.63) is 57.8 Å². The number of rotatable bonds is 6. The zero-order valence-electron chi connectivity index (χ0n) is 12.7. The zero-order chi connectivity index (χ0) is 15.9. The summed E-state index contributed by atoms with van der Waals surface area (Å²) in [4.78, 5) is 24.7. The van der Waals surface area contributed by atoms with Crippen molar-refractivity contribution in [2.24, 2.45) is 0 Å². The van der Waals surface area contributed by atoms with Gasteiger partial charge in [-0.1, -0.05) is 25.1 Å². The van der Waals surface area contributed by atoms with E-state index in [2.05, 4.69) is 5.32 Å². The van der Waals surface area contributed by atoms with Gasteiger partial charge in [0, 0.05) is 4.88 Å². The smallest absolute Gasteiger partial charge is 0.338 e. The van der Waals surface area contributed by atoms with E-state index < -0.39 is 5.97 Å². The molecule has 1 aromatic heterocycles. The van der Waals surface area contributed by atoms with Gasteiger partial charge in [-0.2, -0.15) is 0 Å². The fourth-order valence-corrected chi connectivity index (χ4v) is 2.72. The van der Waals surface area contributed by atoms with Crippen molar-refractivity contribution >= 4 is 23.2 Å². The van der Waals surface area contributed by atoms with Crippen molar-refractivity contribution in [1.82, 2.24) is 5.32 Å². The molecule has 0 saturated heterocycles. The molecular formula is C17H19NO3S. The quantitative estimate of drug-likeness (QED) is 0.831. The number of nitrogens with one attached hydrogen (secondary N) is 1. The summed E-state index contributed by atoms with van der Waals surface area (Å²) in [6.45, 7) is 3.67. The molecule has 4 nitrogen and oxygen atoms in total. The van der Waals surface area contributed by atoms with Crippen LogP contribution in [0.25, 0.3) is 0 Å². The number of hydrogen-bond donors (Lipinski definition) is 1. The van der Waals surface area contributed by atoms with Crippen LogP contribution in [0.4, 0.5) is 0 Å². The molecule has 1 atom stereocenters. The van der Waals surface area contributed by atoms with Crippen molar-refractivity contribution in [1.29, 1.82) is 0 Å². The van der Waals surface area contributed by atoms with E-state index in [1.165, 1.54) is 0 Å². The van der Waals surface area contributed by atoms with Crippen molar-refractivity contribution in [2.45, 2.75) is 26.3 Å². The van der Waals surface area contributed by atoms with Gasteiger partial charge in [0.15, 0.2) is 6.61 Å². The number of carbonyl (C=O) groups is 2. The van der Waals surface area contributed by atoms with Gasteiger partial charge in [0.25, 0.3) is 5.91 Å². The highest BCUT2D eigenvalue weighted by molar-refractivity contribution is 7.10. The summed E-state index contributed by atoms with van der Waals surface area (Å²) in [5, 5.41) is 4.76. The van der Waals surface area contributed by atoms with E-state index in [1.807, 2.05) is 43.5 Å². The van der Waals surface area contributed by atoms with Crippen molar-refractivity contribution in [2.75, 3.05) is 6.61 Å². The first kappa shape index (κ1) is 16.2. The molecule has 22 heavy (non-hydrogen) atoms. The van der Waals surface area contributed by atoms with Crippen molar-refractivity contribution in [3.63, 3.8) is 0 Å². The first-order chi connectivity index (χ1) is 10.6. The zero-order valence-corrected chi connectivity index (χ0v) is 13.5. The molecule has 0 aliphatic rings. The Balaban J connectivity index is 1.81. The van der Waals surface area contributed by atoms with Gasteiger partial charge in [-0.15, -0.1) is 11.3 Å².